The average Bonchev–Trinajstić information content (AvgIpc) is 2.76. The van der Waals surface area contributed by atoms with Crippen molar-refractivity contribution in [3.8, 4) is 5.75 Å². The Balaban J connectivity index is 1.87. The van der Waals surface area contributed by atoms with Crippen LogP contribution in [0.5, 0.6) is 5.75 Å². The third kappa shape index (κ3) is 4.80. The number of carbonyl (C=O) groups is 1. The second-order valence-electron chi connectivity index (χ2n) is 6.79. The lowest BCUT2D eigenvalue weighted by Crippen LogP contribution is -2.15. The van der Waals surface area contributed by atoms with E-state index in [4.69, 9.17) is 4.74 Å². The summed E-state index contributed by atoms with van der Waals surface area (Å²) in [5, 5.41) is 2.84. The molecular weight excluding hydrogens is 400 g/mol. The number of amides is 1. The molecule has 7 heteroatoms. The highest BCUT2D eigenvalue weighted by atomic mass is 32.2. The van der Waals surface area contributed by atoms with E-state index in [0.717, 1.165) is 12.0 Å². The summed E-state index contributed by atoms with van der Waals surface area (Å²) in [4.78, 5) is 12.6. The van der Waals surface area contributed by atoms with Crippen LogP contribution >= 0.6 is 0 Å². The summed E-state index contributed by atoms with van der Waals surface area (Å²) < 4.78 is 33.5. The molecule has 3 aromatic carbocycles. The van der Waals surface area contributed by atoms with Gasteiger partial charge in [0, 0.05) is 17.3 Å². The molecule has 30 heavy (non-hydrogen) atoms. The van der Waals surface area contributed by atoms with Crippen molar-refractivity contribution < 1.29 is 17.9 Å². The average molecular weight is 425 g/mol. The van der Waals surface area contributed by atoms with Crippen molar-refractivity contribution in [2.45, 2.75) is 25.2 Å². The first-order chi connectivity index (χ1) is 14.3. The zero-order valence-electron chi connectivity index (χ0n) is 17.1. The van der Waals surface area contributed by atoms with Gasteiger partial charge >= 0.3 is 0 Å². The largest absolute Gasteiger partial charge is 0.494 e. The van der Waals surface area contributed by atoms with Crippen LogP contribution in [0.3, 0.4) is 0 Å². The molecule has 6 nitrogen and oxygen atoms in total. The van der Waals surface area contributed by atoms with Gasteiger partial charge in [0.25, 0.3) is 15.9 Å². The van der Waals surface area contributed by atoms with Crippen molar-refractivity contribution in [2.75, 3.05) is 17.1 Å². The van der Waals surface area contributed by atoms with Crippen LogP contribution in [0.15, 0.2) is 71.6 Å². The number of rotatable bonds is 7. The molecule has 1 amide bonds. The van der Waals surface area contributed by atoms with Gasteiger partial charge in [-0.1, -0.05) is 37.3 Å². The lowest BCUT2D eigenvalue weighted by atomic mass is 10.1. The van der Waals surface area contributed by atoms with Gasteiger partial charge in [0.1, 0.15) is 5.75 Å². The van der Waals surface area contributed by atoms with Crippen LogP contribution in [0.25, 0.3) is 0 Å². The summed E-state index contributed by atoms with van der Waals surface area (Å²) in [5.74, 6) is 0.0443. The molecule has 0 aliphatic carbocycles. The van der Waals surface area contributed by atoms with E-state index in [-0.39, 0.29) is 10.8 Å². The van der Waals surface area contributed by atoms with Gasteiger partial charge in [0.05, 0.1) is 17.7 Å². The monoisotopic (exact) mass is 424 g/mol. The number of methoxy groups -OCH3 is 1. The van der Waals surface area contributed by atoms with Crippen molar-refractivity contribution in [1.82, 2.24) is 0 Å². The minimum absolute atomic E-state index is 0.167. The fourth-order valence-corrected chi connectivity index (χ4v) is 4.02. The van der Waals surface area contributed by atoms with Gasteiger partial charge in [-0.2, -0.15) is 0 Å². The zero-order chi connectivity index (χ0) is 21.7. The smallest absolute Gasteiger partial charge is 0.262 e. The molecule has 0 spiro atoms. The molecule has 0 aromatic heterocycles. The molecule has 0 saturated heterocycles. The van der Waals surface area contributed by atoms with Gasteiger partial charge in [-0.25, -0.2) is 8.42 Å². The molecule has 0 radical (unpaired) electrons. The number of nitrogens with one attached hydrogen (secondary N) is 2. The second kappa shape index (κ2) is 9.00. The first kappa shape index (κ1) is 21.4. The maximum atomic E-state index is 12.8. The number of anilines is 2. The van der Waals surface area contributed by atoms with E-state index in [2.05, 4.69) is 10.0 Å². The van der Waals surface area contributed by atoms with Gasteiger partial charge in [-0.05, 0) is 54.8 Å². The summed E-state index contributed by atoms with van der Waals surface area (Å²) >= 11 is 0. The van der Waals surface area contributed by atoms with Crippen LogP contribution in [-0.4, -0.2) is 21.4 Å². The molecular formula is C23H24N2O4S. The Morgan fingerprint density at radius 2 is 1.63 bits per heavy atom. The normalized spacial score (nSPS) is 11.0. The number of benzene rings is 3. The minimum Gasteiger partial charge on any atom is -0.494 e. The van der Waals surface area contributed by atoms with E-state index in [1.54, 1.807) is 67.6 Å². The molecule has 0 fully saturated rings. The topological polar surface area (TPSA) is 84.5 Å². The van der Waals surface area contributed by atoms with Crippen LogP contribution in [0.1, 0.15) is 28.4 Å². The predicted molar refractivity (Wildman–Crippen MR) is 119 cm³/mol. The van der Waals surface area contributed by atoms with E-state index in [9.17, 15) is 13.2 Å². The van der Waals surface area contributed by atoms with E-state index in [1.165, 1.54) is 7.11 Å². The summed E-state index contributed by atoms with van der Waals surface area (Å²) in [6.07, 6.45) is 0.830. The van der Waals surface area contributed by atoms with Gasteiger partial charge < -0.3 is 10.1 Å². The molecule has 0 saturated carbocycles. The fourth-order valence-electron chi connectivity index (χ4n) is 2.96. The molecule has 3 rings (SSSR count). The summed E-state index contributed by atoms with van der Waals surface area (Å²) in [6, 6.07) is 18.8. The molecule has 0 unspecified atom stereocenters. The first-order valence-electron chi connectivity index (χ1n) is 9.51. The SMILES string of the molecule is CCc1ccc(S(=O)(=O)Nc2cc(C)c(NC(=O)c3ccccc3)cc2OC)cc1. The van der Waals surface area contributed by atoms with Crippen molar-refractivity contribution >= 4 is 27.3 Å². The Morgan fingerprint density at radius 3 is 2.23 bits per heavy atom. The first-order valence-corrected chi connectivity index (χ1v) is 11.0. The Kier molecular flexibility index (Phi) is 6.42. The Labute approximate surface area is 177 Å². The van der Waals surface area contributed by atoms with E-state index < -0.39 is 10.0 Å². The lowest BCUT2D eigenvalue weighted by molar-refractivity contribution is 0.102. The lowest BCUT2D eigenvalue weighted by Gasteiger charge is -2.16. The quantitative estimate of drug-likeness (QED) is 0.580. The standard InChI is InChI=1S/C23H24N2O4S/c1-4-17-10-12-19(13-11-17)30(27,28)25-21-14-16(2)20(15-22(21)29-3)24-23(26)18-8-6-5-7-9-18/h5-15,25H,4H2,1-3H3,(H,24,26). The van der Waals surface area contributed by atoms with E-state index >= 15 is 0 Å². The number of carbonyl (C=O) groups excluding carboxylic acids is 1. The van der Waals surface area contributed by atoms with Crippen LogP contribution in [0.2, 0.25) is 0 Å². The van der Waals surface area contributed by atoms with Gasteiger partial charge in [-0.15, -0.1) is 0 Å². The molecule has 0 aliphatic rings. The second-order valence-corrected chi connectivity index (χ2v) is 8.47. The van der Waals surface area contributed by atoms with Crippen LogP contribution in [0.4, 0.5) is 11.4 Å². The highest BCUT2D eigenvalue weighted by molar-refractivity contribution is 7.92. The summed E-state index contributed by atoms with van der Waals surface area (Å²) in [5.41, 5.74) is 3.11. The van der Waals surface area contributed by atoms with Crippen molar-refractivity contribution in [1.29, 1.82) is 0 Å². The molecule has 0 heterocycles. The van der Waals surface area contributed by atoms with Gasteiger partial charge in [0.2, 0.25) is 0 Å². The summed E-state index contributed by atoms with van der Waals surface area (Å²) in [7, 11) is -2.34. The highest BCUT2D eigenvalue weighted by Gasteiger charge is 2.18. The molecule has 2 N–H and O–H groups in total. The van der Waals surface area contributed by atoms with Gasteiger partial charge in [0.15, 0.2) is 0 Å². The summed E-state index contributed by atoms with van der Waals surface area (Å²) in [6.45, 7) is 3.79. The van der Waals surface area contributed by atoms with Crippen molar-refractivity contribution in [3.05, 3.63) is 83.4 Å². The van der Waals surface area contributed by atoms with Crippen LogP contribution in [-0.2, 0) is 16.4 Å². The van der Waals surface area contributed by atoms with Crippen molar-refractivity contribution in [3.63, 3.8) is 0 Å². The predicted octanol–water partition coefficient (Wildman–Crippen LogP) is 4.62. The number of hydrogen-bond donors (Lipinski definition) is 2. The van der Waals surface area contributed by atoms with Crippen LogP contribution in [0, 0.1) is 6.92 Å². The maximum Gasteiger partial charge on any atom is 0.262 e. The third-order valence-electron chi connectivity index (χ3n) is 4.72. The molecule has 156 valence electrons. The van der Waals surface area contributed by atoms with Gasteiger partial charge in [-0.3, -0.25) is 9.52 Å². The number of sulfonamides is 1. The molecule has 0 aliphatic heterocycles. The van der Waals surface area contributed by atoms with Crippen molar-refractivity contribution in [2.24, 2.45) is 0 Å². The Morgan fingerprint density at radius 1 is 0.967 bits per heavy atom. The minimum atomic E-state index is -3.78. The number of aryl methyl sites for hydroxylation is 2. The molecule has 3 aromatic rings. The fraction of sp³-hybridized carbons (Fsp3) is 0.174. The van der Waals surface area contributed by atoms with E-state index in [1.807, 2.05) is 13.0 Å². The number of hydrogen-bond acceptors (Lipinski definition) is 4. The van der Waals surface area contributed by atoms with Crippen LogP contribution < -0.4 is 14.8 Å². The Bertz CT molecular complexity index is 1140. The zero-order valence-corrected chi connectivity index (χ0v) is 17.9. The van der Waals surface area contributed by atoms with E-state index in [0.29, 0.717) is 28.3 Å². The highest BCUT2D eigenvalue weighted by Crippen LogP contribution is 2.33. The maximum absolute atomic E-state index is 12.8. The number of ether oxygens (including phenoxy) is 1. The third-order valence-corrected chi connectivity index (χ3v) is 6.10. The Hall–Kier alpha value is -3.32. The molecule has 0 atom stereocenters. The molecule has 0 bridgehead atoms.